The Hall–Kier alpha value is -0.0400. The van der Waals surface area contributed by atoms with Gasteiger partial charge in [0.1, 0.15) is 0 Å². The van der Waals surface area contributed by atoms with Crippen LogP contribution < -0.4 is 0 Å². The molecule has 0 N–H and O–H groups in total. The molecule has 2 saturated carbocycles. The quantitative estimate of drug-likeness (QED) is 0.403. The summed E-state index contributed by atoms with van der Waals surface area (Å²) in [4.78, 5) is 0. The van der Waals surface area contributed by atoms with Crippen molar-refractivity contribution in [2.24, 2.45) is 29.6 Å². The van der Waals surface area contributed by atoms with Gasteiger partial charge < -0.3 is 4.74 Å². The highest BCUT2D eigenvalue weighted by atomic mass is 16.5. The van der Waals surface area contributed by atoms with E-state index in [0.29, 0.717) is 6.10 Å². The molecule has 1 nitrogen and oxygen atoms in total. The van der Waals surface area contributed by atoms with E-state index >= 15 is 0 Å². The van der Waals surface area contributed by atoms with Crippen LogP contribution in [0.3, 0.4) is 0 Å². The molecule has 1 heteroatoms. The van der Waals surface area contributed by atoms with E-state index < -0.39 is 0 Å². The molecule has 2 atom stereocenters. The largest absolute Gasteiger partial charge is 0.378 e. The topological polar surface area (TPSA) is 9.23 Å². The monoisotopic (exact) mass is 386 g/mol. The average molecular weight is 387 g/mol. The number of hydrogen-bond acceptors (Lipinski definition) is 1. The summed E-state index contributed by atoms with van der Waals surface area (Å²) >= 11 is 0. The third-order valence-corrected chi connectivity index (χ3v) is 6.34. The molecule has 3 fully saturated rings. The summed E-state index contributed by atoms with van der Waals surface area (Å²) in [6.45, 7) is 14.8. The predicted octanol–water partition coefficient (Wildman–Crippen LogP) is 9.39. The van der Waals surface area contributed by atoms with E-state index in [1.165, 1.54) is 64.2 Å². The van der Waals surface area contributed by atoms with Crippen molar-refractivity contribution in [2.45, 2.75) is 134 Å². The van der Waals surface area contributed by atoms with Crippen molar-refractivity contribution in [1.82, 2.24) is 0 Å². The van der Waals surface area contributed by atoms with Gasteiger partial charge in [0.2, 0.25) is 0 Å². The first-order valence-corrected chi connectivity index (χ1v) is 11.0. The molecule has 0 aromatic rings. The molecule has 1 heterocycles. The van der Waals surface area contributed by atoms with Gasteiger partial charge in [0.25, 0.3) is 0 Å². The molecule has 1 saturated heterocycles. The van der Waals surface area contributed by atoms with Gasteiger partial charge >= 0.3 is 0 Å². The first-order chi connectivity index (χ1) is 11.4. The molecular weight excluding hydrogens is 328 g/mol. The minimum Gasteiger partial charge on any atom is -0.378 e. The van der Waals surface area contributed by atoms with Gasteiger partial charge in [-0.25, -0.2) is 0 Å². The van der Waals surface area contributed by atoms with Crippen molar-refractivity contribution in [2.75, 3.05) is 6.61 Å². The molecule has 1 aliphatic heterocycles. The van der Waals surface area contributed by atoms with Gasteiger partial charge in [0, 0.05) is 6.61 Å². The second-order valence-electron chi connectivity index (χ2n) is 9.56. The molecule has 0 aromatic carbocycles. The van der Waals surface area contributed by atoms with Crippen LogP contribution in [-0.4, -0.2) is 12.7 Å². The normalized spacial score (nSPS) is 35.3. The molecule has 2 aliphatic carbocycles. The van der Waals surface area contributed by atoms with Crippen molar-refractivity contribution in [3.05, 3.63) is 0 Å². The van der Waals surface area contributed by atoms with Gasteiger partial charge in [-0.3, -0.25) is 0 Å². The van der Waals surface area contributed by atoms with Crippen molar-refractivity contribution in [3.8, 4) is 0 Å². The second kappa shape index (κ2) is 18.0. The van der Waals surface area contributed by atoms with Crippen molar-refractivity contribution >= 4 is 0 Å². The zero-order valence-electron chi connectivity index (χ0n) is 17.7. The number of rotatable bonds is 0. The van der Waals surface area contributed by atoms with E-state index in [1.54, 1.807) is 0 Å². The Bertz CT molecular complexity index is 199. The van der Waals surface area contributed by atoms with E-state index in [1.807, 2.05) is 0 Å². The average Bonchev–Trinajstić information content (AvgIpc) is 2.57. The Morgan fingerprint density at radius 1 is 0.407 bits per heavy atom. The van der Waals surface area contributed by atoms with Crippen LogP contribution in [0.15, 0.2) is 0 Å². The SMILES string of the molecule is C.C.C.CC1CCC(C)CC1.CC1CCC(C)CC1.CC1CCC(C)OC1. The lowest BCUT2D eigenvalue weighted by Crippen LogP contribution is -2.21. The van der Waals surface area contributed by atoms with Crippen LogP contribution in [0.1, 0.15) is 128 Å². The zero-order valence-corrected chi connectivity index (χ0v) is 17.7. The smallest absolute Gasteiger partial charge is 0.0547 e. The van der Waals surface area contributed by atoms with E-state index in [2.05, 4.69) is 41.5 Å². The third kappa shape index (κ3) is 16.6. The van der Waals surface area contributed by atoms with E-state index in [0.717, 1.165) is 36.2 Å². The molecule has 0 radical (unpaired) electrons. The van der Waals surface area contributed by atoms with Gasteiger partial charge in [0.15, 0.2) is 0 Å². The summed E-state index contributed by atoms with van der Waals surface area (Å²) in [5.74, 6) is 4.88. The van der Waals surface area contributed by atoms with Crippen LogP contribution in [0.4, 0.5) is 0 Å². The Labute approximate surface area is 175 Å². The molecule has 27 heavy (non-hydrogen) atoms. The summed E-state index contributed by atoms with van der Waals surface area (Å²) in [5.41, 5.74) is 0. The fourth-order valence-corrected chi connectivity index (χ4v) is 3.87. The molecule has 0 amide bonds. The highest BCUT2D eigenvalue weighted by Gasteiger charge is 2.14. The molecule has 3 rings (SSSR count). The van der Waals surface area contributed by atoms with Crippen molar-refractivity contribution < 1.29 is 4.74 Å². The second-order valence-corrected chi connectivity index (χ2v) is 9.56. The lowest BCUT2D eigenvalue weighted by molar-refractivity contribution is 0.000267. The fraction of sp³-hybridized carbons (Fsp3) is 1.00. The number of hydrogen-bond donors (Lipinski definition) is 0. The Morgan fingerprint density at radius 3 is 0.852 bits per heavy atom. The highest BCUT2D eigenvalue weighted by Crippen LogP contribution is 2.27. The molecule has 0 spiro atoms. The minimum atomic E-state index is 0. The van der Waals surface area contributed by atoms with Gasteiger partial charge in [-0.15, -0.1) is 0 Å². The minimum absolute atomic E-state index is 0. The fourth-order valence-electron chi connectivity index (χ4n) is 3.87. The molecule has 0 aromatic heterocycles. The molecule has 0 bridgehead atoms. The van der Waals surface area contributed by atoms with E-state index in [9.17, 15) is 0 Å². The molecule has 3 aliphatic rings. The van der Waals surface area contributed by atoms with Crippen LogP contribution in [-0.2, 0) is 4.74 Å². The molecular formula is C26H58O. The zero-order chi connectivity index (χ0) is 17.9. The third-order valence-electron chi connectivity index (χ3n) is 6.34. The van der Waals surface area contributed by atoms with E-state index in [-0.39, 0.29) is 22.3 Å². The van der Waals surface area contributed by atoms with Crippen LogP contribution >= 0.6 is 0 Å². The highest BCUT2D eigenvalue weighted by molar-refractivity contribution is 4.66. The van der Waals surface area contributed by atoms with Crippen LogP contribution in [0.2, 0.25) is 0 Å². The first kappa shape index (κ1) is 31.6. The van der Waals surface area contributed by atoms with E-state index in [4.69, 9.17) is 4.74 Å². The van der Waals surface area contributed by atoms with Crippen LogP contribution in [0, 0.1) is 29.6 Å². The maximum absolute atomic E-state index is 5.39. The first-order valence-electron chi connectivity index (χ1n) is 11.0. The van der Waals surface area contributed by atoms with Gasteiger partial charge in [-0.1, -0.05) is 108 Å². The maximum atomic E-state index is 5.39. The summed E-state index contributed by atoms with van der Waals surface area (Å²) in [6, 6.07) is 0. The lowest BCUT2D eigenvalue weighted by atomic mass is 9.84. The summed E-state index contributed by atoms with van der Waals surface area (Å²) < 4.78 is 5.39. The van der Waals surface area contributed by atoms with Crippen molar-refractivity contribution in [1.29, 1.82) is 0 Å². The van der Waals surface area contributed by atoms with Crippen LogP contribution in [0.25, 0.3) is 0 Å². The van der Waals surface area contributed by atoms with Gasteiger partial charge in [-0.05, 0) is 49.4 Å². The summed E-state index contributed by atoms with van der Waals surface area (Å²) in [5, 5.41) is 0. The standard InChI is InChI=1S/2C8H16.C7H14O.3CH4/c2*1-7-3-5-8(2)6-4-7;1-6-3-4-7(2)8-5-6;;;/h2*7-8H,3-6H2,1-2H3;6-7H,3-5H2,1-2H3;3*1H4. The Morgan fingerprint density at radius 2 is 0.667 bits per heavy atom. The number of ether oxygens (including phenoxy) is 1. The van der Waals surface area contributed by atoms with Crippen molar-refractivity contribution in [3.63, 3.8) is 0 Å². The Kier molecular flexibility index (Phi) is 21.1. The predicted molar refractivity (Wildman–Crippen MR) is 128 cm³/mol. The summed E-state index contributed by atoms with van der Waals surface area (Å²) in [6.07, 6.45) is 14.9. The summed E-state index contributed by atoms with van der Waals surface area (Å²) in [7, 11) is 0. The van der Waals surface area contributed by atoms with Gasteiger partial charge in [-0.2, -0.15) is 0 Å². The molecule has 2 unspecified atom stereocenters. The Balaban J connectivity index is -0.000000303. The lowest BCUT2D eigenvalue weighted by Gasteiger charge is -2.23. The maximum Gasteiger partial charge on any atom is 0.0547 e. The van der Waals surface area contributed by atoms with Crippen LogP contribution in [0.5, 0.6) is 0 Å². The molecule has 168 valence electrons. The van der Waals surface area contributed by atoms with Gasteiger partial charge in [0.05, 0.1) is 6.10 Å².